The first-order valence-electron chi connectivity index (χ1n) is 7.51. The zero-order valence-corrected chi connectivity index (χ0v) is 14.2. The van der Waals surface area contributed by atoms with Gasteiger partial charge in [0.25, 0.3) is 0 Å². The largest absolute Gasteiger partial charge is 0.373 e. The Morgan fingerprint density at radius 3 is 3.13 bits per heavy atom. The van der Waals surface area contributed by atoms with E-state index in [1.165, 1.54) is 4.57 Å². The van der Waals surface area contributed by atoms with E-state index in [9.17, 15) is 4.79 Å². The molecule has 23 heavy (non-hydrogen) atoms. The molecule has 0 radical (unpaired) electrons. The fourth-order valence-electron chi connectivity index (χ4n) is 2.36. The van der Waals surface area contributed by atoms with Crippen molar-refractivity contribution >= 4 is 14.9 Å². The van der Waals surface area contributed by atoms with Gasteiger partial charge in [0.2, 0.25) is 0 Å². The molecule has 1 aliphatic heterocycles. The van der Waals surface area contributed by atoms with E-state index >= 15 is 0 Å². The first-order valence-corrected chi connectivity index (χ1v) is 8.33. The van der Waals surface area contributed by atoms with Crippen molar-refractivity contribution < 1.29 is 13.8 Å². The monoisotopic (exact) mass is 340 g/mol. The summed E-state index contributed by atoms with van der Waals surface area (Å²) >= 11 is 0. The van der Waals surface area contributed by atoms with E-state index in [4.69, 9.17) is 19.0 Å². The molecule has 126 valence electrons. The second-order valence-corrected chi connectivity index (χ2v) is 5.71. The first kappa shape index (κ1) is 17.8. The molecule has 2 rings (SSSR count). The standard InChI is InChI=1S/C14H21N4O4P/c1-3-10-11(22-23-20-8-4-6-15)9-13(21-10)18-7-5-12(16-2)17-14(18)19/h5,7,10-11,13,23H,3-4,8-9H2,1-2H3,(H,16,17,19)/t10-,11-,13-/m1/s1. The van der Waals surface area contributed by atoms with Gasteiger partial charge in [-0.15, -0.1) is 0 Å². The summed E-state index contributed by atoms with van der Waals surface area (Å²) in [5.74, 6) is 0.525. The molecule has 1 N–H and O–H groups in total. The summed E-state index contributed by atoms with van der Waals surface area (Å²) in [5, 5.41) is 11.3. The Morgan fingerprint density at radius 2 is 2.48 bits per heavy atom. The van der Waals surface area contributed by atoms with Crippen LogP contribution in [0.4, 0.5) is 5.82 Å². The van der Waals surface area contributed by atoms with Crippen LogP contribution in [0.25, 0.3) is 0 Å². The number of hydrogen-bond acceptors (Lipinski definition) is 7. The molecule has 2 heterocycles. The highest BCUT2D eigenvalue weighted by atomic mass is 31.1. The average Bonchev–Trinajstić information content (AvgIpc) is 2.97. The molecule has 4 atom stereocenters. The maximum Gasteiger partial charge on any atom is 0.351 e. The van der Waals surface area contributed by atoms with Gasteiger partial charge in [0.05, 0.1) is 31.3 Å². The average molecular weight is 340 g/mol. The summed E-state index contributed by atoms with van der Waals surface area (Å²) < 4.78 is 18.4. The molecular weight excluding hydrogens is 319 g/mol. The third kappa shape index (κ3) is 4.72. The molecule has 1 aliphatic rings. The van der Waals surface area contributed by atoms with Gasteiger partial charge in [-0.05, 0) is 12.5 Å². The third-order valence-electron chi connectivity index (χ3n) is 3.55. The van der Waals surface area contributed by atoms with Crippen LogP contribution in [0.5, 0.6) is 0 Å². The lowest BCUT2D eigenvalue weighted by Gasteiger charge is -2.16. The summed E-state index contributed by atoms with van der Waals surface area (Å²) in [6.07, 6.45) is 2.74. The quantitative estimate of drug-likeness (QED) is 0.569. The molecule has 0 bridgehead atoms. The number of aromatic nitrogens is 2. The van der Waals surface area contributed by atoms with Gasteiger partial charge in [0.15, 0.2) is 9.03 Å². The van der Waals surface area contributed by atoms with Crippen molar-refractivity contribution in [3.8, 4) is 6.07 Å². The van der Waals surface area contributed by atoms with E-state index in [1.54, 1.807) is 19.3 Å². The number of nitrogens with zero attached hydrogens (tertiary/aromatic N) is 3. The van der Waals surface area contributed by atoms with Gasteiger partial charge in [-0.3, -0.25) is 4.57 Å². The highest BCUT2D eigenvalue weighted by Gasteiger charge is 2.36. The topological polar surface area (TPSA) is 98.4 Å². The van der Waals surface area contributed by atoms with E-state index < -0.39 is 0 Å². The lowest BCUT2D eigenvalue weighted by atomic mass is 10.1. The van der Waals surface area contributed by atoms with Crippen LogP contribution in [0.15, 0.2) is 17.1 Å². The molecule has 1 saturated heterocycles. The maximum absolute atomic E-state index is 12.1. The minimum Gasteiger partial charge on any atom is -0.373 e. The van der Waals surface area contributed by atoms with Crippen LogP contribution in [0.3, 0.4) is 0 Å². The van der Waals surface area contributed by atoms with Crippen molar-refractivity contribution in [3.05, 3.63) is 22.7 Å². The number of anilines is 1. The van der Waals surface area contributed by atoms with Crippen molar-refractivity contribution in [2.75, 3.05) is 19.0 Å². The molecule has 1 aromatic rings. The minimum absolute atomic E-state index is 0.0945. The lowest BCUT2D eigenvalue weighted by molar-refractivity contribution is -0.0175. The normalized spacial score (nSPS) is 24.1. The van der Waals surface area contributed by atoms with E-state index in [-0.39, 0.29) is 33.2 Å². The number of nitriles is 1. The summed E-state index contributed by atoms with van der Waals surface area (Å²) in [6, 6.07) is 3.74. The summed E-state index contributed by atoms with van der Waals surface area (Å²) in [6.45, 7) is 2.37. The van der Waals surface area contributed by atoms with Gasteiger partial charge < -0.3 is 19.1 Å². The van der Waals surface area contributed by atoms with Crippen LogP contribution in [0.2, 0.25) is 0 Å². The van der Waals surface area contributed by atoms with Gasteiger partial charge in [-0.1, -0.05) is 6.92 Å². The Labute approximate surface area is 136 Å². The minimum atomic E-state index is -0.389. The smallest absolute Gasteiger partial charge is 0.351 e. The van der Waals surface area contributed by atoms with Crippen LogP contribution in [0.1, 0.15) is 32.4 Å². The molecule has 0 spiro atoms. The number of rotatable bonds is 8. The molecule has 0 amide bonds. The first-order chi connectivity index (χ1) is 11.2. The molecule has 0 aliphatic carbocycles. The van der Waals surface area contributed by atoms with Crippen molar-refractivity contribution in [1.82, 2.24) is 9.55 Å². The van der Waals surface area contributed by atoms with Crippen molar-refractivity contribution in [1.29, 1.82) is 5.26 Å². The predicted molar refractivity (Wildman–Crippen MR) is 86.2 cm³/mol. The fourth-order valence-corrected chi connectivity index (χ4v) is 2.99. The van der Waals surface area contributed by atoms with Gasteiger partial charge >= 0.3 is 5.69 Å². The number of nitrogens with one attached hydrogen (secondary N) is 1. The SMILES string of the molecule is CC[C@H]1O[C@@H](n2ccc(NC)nc2=O)C[C@H]1OPOCCC#N. The van der Waals surface area contributed by atoms with E-state index in [0.29, 0.717) is 25.3 Å². The van der Waals surface area contributed by atoms with E-state index in [1.807, 2.05) is 13.0 Å². The van der Waals surface area contributed by atoms with Gasteiger partial charge in [0, 0.05) is 19.7 Å². The second-order valence-electron chi connectivity index (χ2n) is 5.02. The van der Waals surface area contributed by atoms with Crippen molar-refractivity contribution in [3.63, 3.8) is 0 Å². The Kier molecular flexibility index (Phi) is 6.93. The van der Waals surface area contributed by atoms with Gasteiger partial charge in [-0.25, -0.2) is 4.79 Å². The lowest BCUT2D eigenvalue weighted by Crippen LogP contribution is -2.27. The van der Waals surface area contributed by atoms with Crippen LogP contribution in [0, 0.1) is 11.3 Å². The summed E-state index contributed by atoms with van der Waals surface area (Å²) in [4.78, 5) is 16.0. The van der Waals surface area contributed by atoms with Gasteiger partial charge in [-0.2, -0.15) is 10.2 Å². The van der Waals surface area contributed by atoms with Gasteiger partial charge in [0.1, 0.15) is 12.0 Å². The fraction of sp³-hybridized carbons (Fsp3) is 0.643. The van der Waals surface area contributed by atoms with Crippen molar-refractivity contribution in [2.24, 2.45) is 0 Å². The zero-order chi connectivity index (χ0) is 16.7. The van der Waals surface area contributed by atoms with E-state index in [0.717, 1.165) is 6.42 Å². The predicted octanol–water partition coefficient (Wildman–Crippen LogP) is 1.81. The Bertz CT molecular complexity index is 603. The number of hydrogen-bond donors (Lipinski definition) is 1. The molecule has 8 nitrogen and oxygen atoms in total. The molecular formula is C14H21N4O4P. The number of ether oxygens (including phenoxy) is 1. The molecule has 1 aromatic heterocycles. The molecule has 1 fully saturated rings. The molecule has 1 unspecified atom stereocenters. The summed E-state index contributed by atoms with van der Waals surface area (Å²) in [7, 11) is 1.57. The molecule has 9 heteroatoms. The summed E-state index contributed by atoms with van der Waals surface area (Å²) in [5.41, 5.74) is -0.356. The highest BCUT2D eigenvalue weighted by molar-refractivity contribution is 7.26. The maximum atomic E-state index is 12.1. The highest BCUT2D eigenvalue weighted by Crippen LogP contribution is 2.35. The van der Waals surface area contributed by atoms with Crippen LogP contribution in [-0.2, 0) is 13.8 Å². The zero-order valence-electron chi connectivity index (χ0n) is 13.2. The van der Waals surface area contributed by atoms with Crippen molar-refractivity contribution in [2.45, 2.75) is 44.6 Å². The second kappa shape index (κ2) is 8.94. The Morgan fingerprint density at radius 1 is 1.65 bits per heavy atom. The Balaban J connectivity index is 1.95. The van der Waals surface area contributed by atoms with Crippen LogP contribution >= 0.6 is 9.03 Å². The van der Waals surface area contributed by atoms with Crippen LogP contribution < -0.4 is 11.0 Å². The van der Waals surface area contributed by atoms with Crippen LogP contribution in [-0.4, -0.2) is 35.4 Å². The third-order valence-corrected chi connectivity index (χ3v) is 4.27. The Hall–Kier alpha value is -1.52. The molecule has 0 saturated carbocycles. The van der Waals surface area contributed by atoms with E-state index in [2.05, 4.69) is 10.3 Å². The molecule has 0 aromatic carbocycles.